The van der Waals surface area contributed by atoms with Crippen LogP contribution in [0.5, 0.6) is 0 Å². The lowest BCUT2D eigenvalue weighted by molar-refractivity contribution is 0.660. The Morgan fingerprint density at radius 3 is 1.91 bits per heavy atom. The Morgan fingerprint density at radius 2 is 1.10 bits per heavy atom. The van der Waals surface area contributed by atoms with Crippen LogP contribution in [-0.4, -0.2) is 4.57 Å². The predicted octanol–water partition coefficient (Wildman–Crippen LogP) is 17.1. The fourth-order valence-electron chi connectivity index (χ4n) is 11.0. The minimum atomic E-state index is -0.236. The Hall–Kier alpha value is -7.92. The summed E-state index contributed by atoms with van der Waals surface area (Å²) in [5.41, 5.74) is 19.8. The highest BCUT2D eigenvalue weighted by Crippen LogP contribution is 2.56. The van der Waals surface area contributed by atoms with Crippen LogP contribution in [0.2, 0.25) is 0 Å². The van der Waals surface area contributed by atoms with Crippen LogP contribution < -0.4 is 9.80 Å². The molecule has 4 heteroatoms. The summed E-state index contributed by atoms with van der Waals surface area (Å²) in [5, 5.41) is 2.61. The summed E-state index contributed by atoms with van der Waals surface area (Å²) in [4.78, 5) is 5.02. The van der Waals surface area contributed by atoms with Gasteiger partial charge in [0.1, 0.15) is 5.82 Å². The van der Waals surface area contributed by atoms with Gasteiger partial charge in [0, 0.05) is 67.0 Å². The average molecular weight is 878 g/mol. The zero-order valence-electron chi connectivity index (χ0n) is 37.5. The number of aromatic nitrogens is 1. The van der Waals surface area contributed by atoms with Gasteiger partial charge >= 0.3 is 0 Å². The molecule has 3 nitrogen and oxygen atoms in total. The summed E-state index contributed by atoms with van der Waals surface area (Å²) < 4.78 is 5.07. The van der Waals surface area contributed by atoms with Crippen molar-refractivity contribution in [3.8, 4) is 50.3 Å². The lowest BCUT2D eigenvalue weighted by Crippen LogP contribution is -2.18. The van der Waals surface area contributed by atoms with Crippen molar-refractivity contribution in [1.82, 2.24) is 4.57 Å². The molecule has 0 atom stereocenters. The molecule has 0 fully saturated rings. The summed E-state index contributed by atoms with van der Waals surface area (Å²) >= 11 is 1.87. The minimum absolute atomic E-state index is 0.236. The molecule has 1 aliphatic carbocycles. The fraction of sp³-hybridized carbons (Fsp3) is 0.0794. The van der Waals surface area contributed by atoms with E-state index >= 15 is 0 Å². The van der Waals surface area contributed by atoms with Crippen molar-refractivity contribution in [2.45, 2.75) is 32.4 Å². The topological polar surface area (TPSA) is 11.4 Å². The summed E-state index contributed by atoms with van der Waals surface area (Å²) in [6.45, 7) is 6.56. The maximum absolute atomic E-state index is 2.52. The molecule has 1 aliphatic heterocycles. The average Bonchev–Trinajstić information content (AvgIpc) is 4.17. The fourth-order valence-corrected chi connectivity index (χ4v) is 12.2. The molecule has 0 amide bonds. The van der Waals surface area contributed by atoms with Crippen LogP contribution in [0.3, 0.4) is 0 Å². The van der Waals surface area contributed by atoms with Gasteiger partial charge in [-0.1, -0.05) is 166 Å². The first-order chi connectivity index (χ1) is 33.0. The van der Waals surface area contributed by atoms with Gasteiger partial charge in [-0.05, 0) is 128 Å². The van der Waals surface area contributed by atoms with Gasteiger partial charge in [0.05, 0.1) is 5.69 Å². The van der Waals surface area contributed by atoms with Crippen molar-refractivity contribution in [2.24, 2.45) is 0 Å². The molecule has 0 unspecified atom stereocenters. The van der Waals surface area contributed by atoms with Crippen LogP contribution in [0.1, 0.15) is 36.1 Å². The molecule has 0 saturated carbocycles. The second kappa shape index (κ2) is 15.6. The molecule has 9 aromatic carbocycles. The summed E-state index contributed by atoms with van der Waals surface area (Å²) in [5.74, 6) is 1.07. The number of hydrogen-bond acceptors (Lipinski definition) is 3. The van der Waals surface area contributed by atoms with Crippen LogP contribution in [0.15, 0.2) is 224 Å². The number of hydrogen-bond donors (Lipinski definition) is 0. The Bertz CT molecular complexity index is 3660. The van der Waals surface area contributed by atoms with Crippen LogP contribution in [0, 0.1) is 0 Å². The highest BCUT2D eigenvalue weighted by Gasteiger charge is 2.39. The monoisotopic (exact) mass is 877 g/mol. The third-order valence-electron chi connectivity index (χ3n) is 14.3. The van der Waals surface area contributed by atoms with Gasteiger partial charge in [0.15, 0.2) is 0 Å². The van der Waals surface area contributed by atoms with E-state index in [4.69, 9.17) is 0 Å². The molecule has 0 radical (unpaired) electrons. The van der Waals surface area contributed by atoms with Crippen molar-refractivity contribution in [3.05, 3.63) is 247 Å². The lowest BCUT2D eigenvalue weighted by atomic mass is 9.81. The molecule has 0 bridgehead atoms. The number of benzene rings is 9. The SMILES string of the molecule is CC1(C)c2ccccc2-c2c(-c3cccc4c3CN(c3ccccc3)C4)cc(N(c3ccc(-c4ccccc4)cc3)c3ccc(-c4ccc5c(c4)sc4ccccc45)n3-c3ccccc3)cc21. The van der Waals surface area contributed by atoms with Gasteiger partial charge in [0.2, 0.25) is 0 Å². The van der Waals surface area contributed by atoms with Crippen molar-refractivity contribution in [3.63, 3.8) is 0 Å². The molecule has 320 valence electrons. The van der Waals surface area contributed by atoms with E-state index in [0.717, 1.165) is 41.7 Å². The van der Waals surface area contributed by atoms with Crippen molar-refractivity contribution in [1.29, 1.82) is 0 Å². The second-order valence-electron chi connectivity index (χ2n) is 18.5. The van der Waals surface area contributed by atoms with E-state index in [-0.39, 0.29) is 5.41 Å². The summed E-state index contributed by atoms with van der Waals surface area (Å²) in [6.07, 6.45) is 0. The highest BCUT2D eigenvalue weighted by atomic mass is 32.1. The normalized spacial score (nSPS) is 13.5. The van der Waals surface area contributed by atoms with Gasteiger partial charge in [-0.25, -0.2) is 0 Å². The minimum Gasteiger partial charge on any atom is -0.363 e. The molecule has 0 N–H and O–H groups in total. The molecule has 0 spiro atoms. The zero-order valence-corrected chi connectivity index (χ0v) is 38.3. The van der Waals surface area contributed by atoms with Gasteiger partial charge in [0.25, 0.3) is 0 Å². The molecule has 11 aromatic rings. The maximum atomic E-state index is 2.52. The van der Waals surface area contributed by atoms with Gasteiger partial charge in [-0.3, -0.25) is 9.47 Å². The van der Waals surface area contributed by atoms with Crippen molar-refractivity contribution >= 4 is 54.4 Å². The van der Waals surface area contributed by atoms with E-state index in [1.165, 1.54) is 87.1 Å². The number of nitrogens with zero attached hydrogens (tertiary/aromatic N) is 3. The van der Waals surface area contributed by atoms with E-state index in [9.17, 15) is 0 Å². The summed E-state index contributed by atoms with van der Waals surface area (Å²) in [7, 11) is 0. The van der Waals surface area contributed by atoms with Crippen molar-refractivity contribution in [2.75, 3.05) is 9.80 Å². The molecule has 13 rings (SSSR count). The molecule has 3 heterocycles. The quantitative estimate of drug-likeness (QED) is 0.151. The van der Waals surface area contributed by atoms with Crippen LogP contribution >= 0.6 is 11.3 Å². The van der Waals surface area contributed by atoms with Gasteiger partial charge in [-0.2, -0.15) is 0 Å². The zero-order chi connectivity index (χ0) is 44.6. The van der Waals surface area contributed by atoms with E-state index in [1.807, 2.05) is 11.3 Å². The highest BCUT2D eigenvalue weighted by molar-refractivity contribution is 7.25. The number of para-hydroxylation sites is 2. The molecular weight excluding hydrogens is 831 g/mol. The van der Waals surface area contributed by atoms with E-state index in [0.29, 0.717) is 0 Å². The van der Waals surface area contributed by atoms with Crippen LogP contribution in [0.25, 0.3) is 70.5 Å². The smallest absolute Gasteiger partial charge is 0.122 e. The maximum Gasteiger partial charge on any atom is 0.122 e. The second-order valence-corrected chi connectivity index (χ2v) is 19.6. The Morgan fingerprint density at radius 1 is 0.448 bits per heavy atom. The third-order valence-corrected chi connectivity index (χ3v) is 15.5. The largest absolute Gasteiger partial charge is 0.363 e. The van der Waals surface area contributed by atoms with Crippen LogP contribution in [0.4, 0.5) is 22.9 Å². The first kappa shape index (κ1) is 39.4. The number of rotatable bonds is 8. The van der Waals surface area contributed by atoms with E-state index in [1.54, 1.807) is 0 Å². The Labute approximate surface area is 396 Å². The Kier molecular flexibility index (Phi) is 9.19. The first-order valence-corrected chi connectivity index (χ1v) is 24.1. The third kappa shape index (κ3) is 6.47. The first-order valence-electron chi connectivity index (χ1n) is 23.3. The molecule has 2 aromatic heterocycles. The van der Waals surface area contributed by atoms with Crippen molar-refractivity contribution < 1.29 is 0 Å². The number of fused-ring (bicyclic) bond motifs is 7. The molecule has 2 aliphatic rings. The number of anilines is 4. The summed E-state index contributed by atoms with van der Waals surface area (Å²) in [6, 6.07) is 83.1. The Balaban J connectivity index is 1.06. The molecular formula is C63H47N3S. The standard InChI is InChI=1S/C63H47N3S/c1-63(2)56-27-14-12-25-53(56)62-54(50-26-16-19-45-40-64(41-55(45)50)46-20-8-4-9-21-46)38-49(39-57(62)63)65(48-32-29-43(30-33-48)42-17-6-3-7-18-42)61-36-35-58(66(61)47-22-10-5-11-23-47)44-31-34-52-51-24-13-15-28-59(51)67-60(52)37-44/h3-39H,40-41H2,1-2H3. The van der Waals surface area contributed by atoms with Crippen LogP contribution in [-0.2, 0) is 18.5 Å². The van der Waals surface area contributed by atoms with E-state index < -0.39 is 0 Å². The molecule has 67 heavy (non-hydrogen) atoms. The number of thiophene rings is 1. The predicted molar refractivity (Wildman–Crippen MR) is 284 cm³/mol. The van der Waals surface area contributed by atoms with Gasteiger partial charge < -0.3 is 4.90 Å². The molecule has 0 saturated heterocycles. The van der Waals surface area contributed by atoms with E-state index in [2.05, 4.69) is 253 Å². The lowest BCUT2D eigenvalue weighted by Gasteiger charge is -2.30. The van der Waals surface area contributed by atoms with Gasteiger partial charge in [-0.15, -0.1) is 11.3 Å².